The number of carbonyl (C=O) groups is 1. The number of nitrogens with one attached hydrogen (secondary N) is 2. The highest BCUT2D eigenvalue weighted by molar-refractivity contribution is 5.85. The van der Waals surface area contributed by atoms with Crippen LogP contribution in [0.1, 0.15) is 43.7 Å². The summed E-state index contributed by atoms with van der Waals surface area (Å²) in [6.07, 6.45) is 4.74. The Morgan fingerprint density at radius 2 is 1.96 bits per heavy atom. The van der Waals surface area contributed by atoms with Crippen LogP contribution in [0.15, 0.2) is 24.3 Å². The van der Waals surface area contributed by atoms with E-state index in [9.17, 15) is 4.79 Å². The number of likely N-dealkylation sites (tertiary alicyclic amines) is 1. The third kappa shape index (κ3) is 5.47. The van der Waals surface area contributed by atoms with Crippen molar-refractivity contribution in [3.8, 4) is 0 Å². The van der Waals surface area contributed by atoms with Crippen molar-refractivity contribution in [2.75, 3.05) is 19.6 Å². The molecule has 1 aromatic rings. The molecule has 2 aliphatic heterocycles. The lowest BCUT2D eigenvalue weighted by Gasteiger charge is -2.30. The lowest BCUT2D eigenvalue weighted by molar-refractivity contribution is -0.122. The van der Waals surface area contributed by atoms with Crippen LogP contribution in [0.5, 0.6) is 0 Å². The van der Waals surface area contributed by atoms with Gasteiger partial charge in [-0.15, -0.1) is 12.4 Å². The standard InChI is InChI=1S/C19H29N3O.ClH/c1-15-4-3-11-22(13-15)14-17-8-6-16(7-9-17)12-21-19(23)18-5-2-10-20-18;/h6-9,15,18,20H,2-5,10-14H2,1H3,(H,21,23);1H. The summed E-state index contributed by atoms with van der Waals surface area (Å²) < 4.78 is 0. The first-order valence-corrected chi connectivity index (χ1v) is 9.02. The van der Waals surface area contributed by atoms with Crippen molar-refractivity contribution in [2.24, 2.45) is 5.92 Å². The zero-order valence-electron chi connectivity index (χ0n) is 14.6. The van der Waals surface area contributed by atoms with E-state index in [0.29, 0.717) is 6.54 Å². The quantitative estimate of drug-likeness (QED) is 0.857. The maximum absolute atomic E-state index is 12.0. The van der Waals surface area contributed by atoms with E-state index in [4.69, 9.17) is 0 Å². The third-order valence-electron chi connectivity index (χ3n) is 5.01. The van der Waals surface area contributed by atoms with Crippen molar-refractivity contribution in [1.29, 1.82) is 0 Å². The van der Waals surface area contributed by atoms with E-state index in [-0.39, 0.29) is 24.4 Å². The summed E-state index contributed by atoms with van der Waals surface area (Å²) in [5, 5.41) is 6.27. The van der Waals surface area contributed by atoms with Crippen molar-refractivity contribution in [1.82, 2.24) is 15.5 Å². The Labute approximate surface area is 151 Å². The van der Waals surface area contributed by atoms with Gasteiger partial charge in [0, 0.05) is 19.6 Å². The first kappa shape index (κ1) is 19.2. The second-order valence-electron chi connectivity index (χ2n) is 7.17. The molecule has 2 saturated heterocycles. The second-order valence-corrected chi connectivity index (χ2v) is 7.17. The zero-order chi connectivity index (χ0) is 16.1. The highest BCUT2D eigenvalue weighted by Gasteiger charge is 2.21. The van der Waals surface area contributed by atoms with E-state index in [1.165, 1.54) is 37.1 Å². The van der Waals surface area contributed by atoms with Gasteiger partial charge in [-0.1, -0.05) is 31.2 Å². The Hall–Kier alpha value is -1.10. The molecule has 2 aliphatic rings. The van der Waals surface area contributed by atoms with E-state index in [1.54, 1.807) is 0 Å². The molecule has 0 spiro atoms. The fourth-order valence-electron chi connectivity index (χ4n) is 3.67. The minimum Gasteiger partial charge on any atom is -0.351 e. The predicted molar refractivity (Wildman–Crippen MR) is 100 cm³/mol. The largest absolute Gasteiger partial charge is 0.351 e. The normalized spacial score (nSPS) is 24.4. The van der Waals surface area contributed by atoms with Crippen LogP contribution < -0.4 is 10.6 Å². The van der Waals surface area contributed by atoms with Crippen LogP contribution >= 0.6 is 12.4 Å². The topological polar surface area (TPSA) is 44.4 Å². The van der Waals surface area contributed by atoms with Gasteiger partial charge in [-0.05, 0) is 55.8 Å². The molecule has 0 bridgehead atoms. The number of halogens is 1. The van der Waals surface area contributed by atoms with Crippen molar-refractivity contribution in [2.45, 2.75) is 51.7 Å². The van der Waals surface area contributed by atoms with Crippen LogP contribution in [0.2, 0.25) is 0 Å². The summed E-state index contributed by atoms with van der Waals surface area (Å²) in [5.74, 6) is 0.955. The zero-order valence-corrected chi connectivity index (χ0v) is 15.4. The average Bonchev–Trinajstić information content (AvgIpc) is 3.08. The minimum atomic E-state index is 0. The van der Waals surface area contributed by atoms with E-state index >= 15 is 0 Å². The number of rotatable bonds is 5. The van der Waals surface area contributed by atoms with Crippen LogP contribution in [0, 0.1) is 5.92 Å². The molecule has 0 aliphatic carbocycles. The molecule has 2 fully saturated rings. The summed E-state index contributed by atoms with van der Waals surface area (Å²) in [5.41, 5.74) is 2.54. The Morgan fingerprint density at radius 3 is 2.62 bits per heavy atom. The lowest BCUT2D eigenvalue weighted by atomic mass is 9.99. The summed E-state index contributed by atoms with van der Waals surface area (Å²) in [7, 11) is 0. The average molecular weight is 352 g/mol. The maximum atomic E-state index is 12.0. The molecular weight excluding hydrogens is 322 g/mol. The molecule has 0 saturated carbocycles. The van der Waals surface area contributed by atoms with Crippen molar-refractivity contribution in [3.05, 3.63) is 35.4 Å². The minimum absolute atomic E-state index is 0. The molecule has 2 N–H and O–H groups in total. The van der Waals surface area contributed by atoms with Crippen molar-refractivity contribution < 1.29 is 4.79 Å². The van der Waals surface area contributed by atoms with Crippen LogP contribution in [-0.2, 0) is 17.9 Å². The highest BCUT2D eigenvalue weighted by atomic mass is 35.5. The maximum Gasteiger partial charge on any atom is 0.237 e. The fraction of sp³-hybridized carbons (Fsp3) is 0.632. The monoisotopic (exact) mass is 351 g/mol. The molecule has 2 atom stereocenters. The Bertz CT molecular complexity index is 514. The molecule has 0 aromatic heterocycles. The predicted octanol–water partition coefficient (Wildman–Crippen LogP) is 2.71. The second kappa shape index (κ2) is 9.40. The molecule has 2 heterocycles. The first-order valence-electron chi connectivity index (χ1n) is 9.02. The Morgan fingerprint density at radius 1 is 1.21 bits per heavy atom. The first-order chi connectivity index (χ1) is 11.2. The molecule has 1 amide bonds. The summed E-state index contributed by atoms with van der Waals surface area (Å²) >= 11 is 0. The number of hydrogen-bond acceptors (Lipinski definition) is 3. The number of nitrogens with zero attached hydrogens (tertiary/aromatic N) is 1. The molecule has 2 unspecified atom stereocenters. The van der Waals surface area contributed by atoms with Crippen LogP contribution in [-0.4, -0.2) is 36.5 Å². The molecule has 4 nitrogen and oxygen atoms in total. The van der Waals surface area contributed by atoms with E-state index < -0.39 is 0 Å². The van der Waals surface area contributed by atoms with E-state index in [2.05, 4.69) is 46.7 Å². The number of carbonyl (C=O) groups excluding carboxylic acids is 1. The highest BCUT2D eigenvalue weighted by Crippen LogP contribution is 2.18. The van der Waals surface area contributed by atoms with Crippen molar-refractivity contribution in [3.63, 3.8) is 0 Å². The summed E-state index contributed by atoms with van der Waals surface area (Å²) in [6.45, 7) is 7.41. The van der Waals surface area contributed by atoms with Gasteiger partial charge in [0.2, 0.25) is 5.91 Å². The van der Waals surface area contributed by atoms with Gasteiger partial charge < -0.3 is 10.6 Å². The van der Waals surface area contributed by atoms with Gasteiger partial charge in [0.1, 0.15) is 0 Å². The Balaban J connectivity index is 0.00000208. The number of piperidine rings is 1. The smallest absolute Gasteiger partial charge is 0.237 e. The molecule has 1 aromatic carbocycles. The van der Waals surface area contributed by atoms with Crippen LogP contribution in [0.25, 0.3) is 0 Å². The molecule has 3 rings (SSSR count). The lowest BCUT2D eigenvalue weighted by Crippen LogP contribution is -2.40. The van der Waals surface area contributed by atoms with Gasteiger partial charge >= 0.3 is 0 Å². The molecule has 134 valence electrons. The number of benzene rings is 1. The van der Waals surface area contributed by atoms with Gasteiger partial charge in [-0.25, -0.2) is 0 Å². The number of amides is 1. The van der Waals surface area contributed by atoms with Crippen molar-refractivity contribution >= 4 is 18.3 Å². The molecular formula is C19H30ClN3O. The van der Waals surface area contributed by atoms with Gasteiger partial charge in [-0.2, -0.15) is 0 Å². The summed E-state index contributed by atoms with van der Waals surface area (Å²) in [6, 6.07) is 8.70. The third-order valence-corrected chi connectivity index (χ3v) is 5.01. The van der Waals surface area contributed by atoms with Gasteiger partial charge in [0.25, 0.3) is 0 Å². The van der Waals surface area contributed by atoms with E-state index in [1.807, 2.05) is 0 Å². The molecule has 0 radical (unpaired) electrons. The van der Waals surface area contributed by atoms with E-state index in [0.717, 1.165) is 31.8 Å². The van der Waals surface area contributed by atoms with Crippen LogP contribution in [0.3, 0.4) is 0 Å². The number of hydrogen-bond donors (Lipinski definition) is 2. The Kier molecular flexibility index (Phi) is 7.53. The molecule has 5 heteroatoms. The van der Waals surface area contributed by atoms with Gasteiger partial charge in [0.15, 0.2) is 0 Å². The van der Waals surface area contributed by atoms with Crippen LogP contribution in [0.4, 0.5) is 0 Å². The molecule has 24 heavy (non-hydrogen) atoms. The van der Waals surface area contributed by atoms with Gasteiger partial charge in [0.05, 0.1) is 6.04 Å². The summed E-state index contributed by atoms with van der Waals surface area (Å²) in [4.78, 5) is 14.6. The van der Waals surface area contributed by atoms with Gasteiger partial charge in [-0.3, -0.25) is 9.69 Å². The fourth-order valence-corrected chi connectivity index (χ4v) is 3.67. The SMILES string of the molecule is CC1CCCN(Cc2ccc(CNC(=O)C3CCCN3)cc2)C1.Cl.